The van der Waals surface area contributed by atoms with Crippen LogP contribution in [0.4, 0.5) is 0 Å². The highest BCUT2D eigenvalue weighted by atomic mass is 16.1. The number of carbonyl (C=O) groups excluding carboxylic acids is 1. The van der Waals surface area contributed by atoms with Crippen LogP contribution in [0.3, 0.4) is 0 Å². The summed E-state index contributed by atoms with van der Waals surface area (Å²) in [6.45, 7) is 5.91. The lowest BCUT2D eigenvalue weighted by Gasteiger charge is -2.36. The fraction of sp³-hybridized carbons (Fsp3) is 0.500. The molecule has 1 aliphatic heterocycles. The van der Waals surface area contributed by atoms with Gasteiger partial charge in [-0.25, -0.2) is 9.67 Å². The predicted octanol–water partition coefficient (Wildman–Crippen LogP) is 1.06. The van der Waals surface area contributed by atoms with Crippen molar-refractivity contribution < 1.29 is 4.79 Å². The van der Waals surface area contributed by atoms with Crippen LogP contribution in [0.5, 0.6) is 0 Å². The molecule has 2 aromatic heterocycles. The Morgan fingerprint density at radius 2 is 2.20 bits per heavy atom. The third-order valence-corrected chi connectivity index (χ3v) is 3.63. The predicted molar refractivity (Wildman–Crippen MR) is 76.7 cm³/mol. The van der Waals surface area contributed by atoms with Gasteiger partial charge in [-0.1, -0.05) is 0 Å². The summed E-state index contributed by atoms with van der Waals surface area (Å²) >= 11 is 0. The molecular formula is C14H19N5O. The number of fused-ring (bicyclic) bond motifs is 1. The van der Waals surface area contributed by atoms with E-state index in [1.807, 2.05) is 25.6 Å². The quantitative estimate of drug-likeness (QED) is 0.908. The number of hydrogen-bond donors (Lipinski definition) is 1. The van der Waals surface area contributed by atoms with Crippen LogP contribution < -0.4 is 5.32 Å². The number of nitrogens with zero attached hydrogens (tertiary/aromatic N) is 4. The van der Waals surface area contributed by atoms with Crippen molar-refractivity contribution in [2.45, 2.75) is 25.9 Å². The topological polar surface area (TPSA) is 63.1 Å². The maximum atomic E-state index is 12.4. The second kappa shape index (κ2) is 4.86. The summed E-state index contributed by atoms with van der Waals surface area (Å²) < 4.78 is 1.84. The van der Waals surface area contributed by atoms with E-state index in [1.165, 1.54) is 0 Å². The molecule has 6 heteroatoms. The first-order chi connectivity index (χ1) is 9.56. The van der Waals surface area contributed by atoms with Crippen LogP contribution >= 0.6 is 0 Å². The Morgan fingerprint density at radius 3 is 2.85 bits per heavy atom. The molecule has 1 aliphatic rings. The molecule has 1 fully saturated rings. The highest BCUT2D eigenvalue weighted by molar-refractivity contribution is 6.05. The largest absolute Gasteiger partial charge is 0.347 e. The first kappa shape index (κ1) is 13.1. The van der Waals surface area contributed by atoms with Crippen LogP contribution in [0.15, 0.2) is 18.5 Å². The van der Waals surface area contributed by atoms with Gasteiger partial charge in [-0.2, -0.15) is 5.10 Å². The van der Waals surface area contributed by atoms with Crippen molar-refractivity contribution in [2.24, 2.45) is 0 Å². The molecule has 3 heterocycles. The zero-order valence-corrected chi connectivity index (χ0v) is 12.0. The molecule has 1 saturated heterocycles. The molecule has 2 aromatic rings. The standard InChI is InChI=1S/C14H19N5O/c1-9(2)19-13-12(6-16-19)11(4-5-15-13)14(20)17-10-7-18(3)8-10/h4-6,9-10H,7-8H2,1-3H3,(H,17,20). The van der Waals surface area contributed by atoms with Gasteiger partial charge >= 0.3 is 0 Å². The molecule has 0 unspecified atom stereocenters. The number of aromatic nitrogens is 3. The normalized spacial score (nSPS) is 16.6. The minimum Gasteiger partial charge on any atom is -0.347 e. The zero-order chi connectivity index (χ0) is 14.3. The molecule has 0 saturated carbocycles. The van der Waals surface area contributed by atoms with E-state index >= 15 is 0 Å². The Morgan fingerprint density at radius 1 is 1.45 bits per heavy atom. The summed E-state index contributed by atoms with van der Waals surface area (Å²) in [5.41, 5.74) is 1.41. The van der Waals surface area contributed by atoms with Crippen LogP contribution in [0.2, 0.25) is 0 Å². The maximum Gasteiger partial charge on any atom is 0.252 e. The van der Waals surface area contributed by atoms with E-state index in [1.54, 1.807) is 18.5 Å². The second-order valence-corrected chi connectivity index (χ2v) is 5.67. The number of hydrogen-bond acceptors (Lipinski definition) is 4. The summed E-state index contributed by atoms with van der Waals surface area (Å²) in [4.78, 5) is 18.9. The molecule has 0 aliphatic carbocycles. The molecule has 1 N–H and O–H groups in total. The molecule has 1 amide bonds. The smallest absolute Gasteiger partial charge is 0.252 e. The molecule has 0 spiro atoms. The highest BCUT2D eigenvalue weighted by Gasteiger charge is 2.26. The Hall–Kier alpha value is -1.95. The average Bonchev–Trinajstić information content (AvgIpc) is 2.80. The summed E-state index contributed by atoms with van der Waals surface area (Å²) in [7, 11) is 2.04. The maximum absolute atomic E-state index is 12.4. The number of rotatable bonds is 3. The molecule has 0 radical (unpaired) electrons. The van der Waals surface area contributed by atoms with Crippen molar-refractivity contribution in [3.63, 3.8) is 0 Å². The summed E-state index contributed by atoms with van der Waals surface area (Å²) in [5, 5.41) is 8.19. The zero-order valence-electron chi connectivity index (χ0n) is 12.0. The van der Waals surface area contributed by atoms with Crippen molar-refractivity contribution in [1.82, 2.24) is 25.0 Å². The third-order valence-electron chi connectivity index (χ3n) is 3.63. The number of carbonyl (C=O) groups is 1. The van der Waals surface area contributed by atoms with E-state index in [2.05, 4.69) is 20.3 Å². The van der Waals surface area contributed by atoms with Gasteiger partial charge in [0.1, 0.15) is 0 Å². The molecule has 0 bridgehead atoms. The Labute approximate surface area is 117 Å². The average molecular weight is 273 g/mol. The number of likely N-dealkylation sites (tertiary alicyclic amines) is 1. The van der Waals surface area contributed by atoms with E-state index in [9.17, 15) is 4.79 Å². The van der Waals surface area contributed by atoms with Crippen LogP contribution in [0, 0.1) is 0 Å². The third kappa shape index (κ3) is 2.16. The summed E-state index contributed by atoms with van der Waals surface area (Å²) in [6.07, 6.45) is 3.40. The molecule has 106 valence electrons. The van der Waals surface area contributed by atoms with Crippen molar-refractivity contribution in [1.29, 1.82) is 0 Å². The number of likely N-dealkylation sites (N-methyl/N-ethyl adjacent to an activating group) is 1. The van der Waals surface area contributed by atoms with Gasteiger partial charge in [0.25, 0.3) is 5.91 Å². The lowest BCUT2D eigenvalue weighted by Crippen LogP contribution is -2.57. The SMILES string of the molecule is CC(C)n1ncc2c(C(=O)NC3CN(C)C3)ccnc21. The fourth-order valence-corrected chi connectivity index (χ4v) is 2.58. The molecule has 3 rings (SSSR count). The van der Waals surface area contributed by atoms with E-state index in [0.29, 0.717) is 5.56 Å². The lowest BCUT2D eigenvalue weighted by molar-refractivity contribution is 0.0859. The van der Waals surface area contributed by atoms with Crippen LogP contribution in [-0.2, 0) is 0 Å². The first-order valence-electron chi connectivity index (χ1n) is 6.88. The fourth-order valence-electron chi connectivity index (χ4n) is 2.58. The van der Waals surface area contributed by atoms with Gasteiger partial charge in [-0.15, -0.1) is 0 Å². The summed E-state index contributed by atoms with van der Waals surface area (Å²) in [5.74, 6) is -0.0428. The van der Waals surface area contributed by atoms with Crippen molar-refractivity contribution in [3.05, 3.63) is 24.0 Å². The van der Waals surface area contributed by atoms with Gasteiger partial charge in [0, 0.05) is 25.3 Å². The molecule has 6 nitrogen and oxygen atoms in total. The van der Waals surface area contributed by atoms with Gasteiger partial charge < -0.3 is 10.2 Å². The van der Waals surface area contributed by atoms with Gasteiger partial charge in [0.15, 0.2) is 5.65 Å². The van der Waals surface area contributed by atoms with Gasteiger partial charge in [-0.3, -0.25) is 4.79 Å². The molecular weight excluding hydrogens is 254 g/mol. The highest BCUT2D eigenvalue weighted by Crippen LogP contribution is 2.19. The van der Waals surface area contributed by atoms with E-state index in [0.717, 1.165) is 24.1 Å². The van der Waals surface area contributed by atoms with Crippen LogP contribution in [0.1, 0.15) is 30.2 Å². The Kier molecular flexibility index (Phi) is 3.17. The van der Waals surface area contributed by atoms with Crippen molar-refractivity contribution in [2.75, 3.05) is 20.1 Å². The minimum atomic E-state index is -0.0428. The lowest BCUT2D eigenvalue weighted by atomic mass is 10.1. The second-order valence-electron chi connectivity index (χ2n) is 5.67. The Balaban J connectivity index is 1.89. The van der Waals surface area contributed by atoms with Gasteiger partial charge in [0.05, 0.1) is 23.2 Å². The van der Waals surface area contributed by atoms with Crippen LogP contribution in [0.25, 0.3) is 11.0 Å². The monoisotopic (exact) mass is 273 g/mol. The molecule has 0 aromatic carbocycles. The van der Waals surface area contributed by atoms with Gasteiger partial charge in [-0.05, 0) is 27.0 Å². The van der Waals surface area contributed by atoms with E-state index in [-0.39, 0.29) is 18.0 Å². The molecule has 0 atom stereocenters. The minimum absolute atomic E-state index is 0.0428. The van der Waals surface area contributed by atoms with Crippen LogP contribution in [-0.4, -0.2) is 51.8 Å². The number of pyridine rings is 1. The van der Waals surface area contributed by atoms with Crippen molar-refractivity contribution in [3.8, 4) is 0 Å². The number of nitrogens with one attached hydrogen (secondary N) is 1. The summed E-state index contributed by atoms with van der Waals surface area (Å²) in [6, 6.07) is 2.22. The number of amides is 1. The van der Waals surface area contributed by atoms with E-state index in [4.69, 9.17) is 0 Å². The first-order valence-corrected chi connectivity index (χ1v) is 6.88. The van der Waals surface area contributed by atoms with Crippen molar-refractivity contribution >= 4 is 16.9 Å². The van der Waals surface area contributed by atoms with Gasteiger partial charge in [0.2, 0.25) is 0 Å². The van der Waals surface area contributed by atoms with E-state index < -0.39 is 0 Å². The Bertz CT molecular complexity index is 642. The molecule has 20 heavy (non-hydrogen) atoms.